The lowest BCUT2D eigenvalue weighted by molar-refractivity contribution is 0.590. The molecular formula is C30H22BrN3O2S. The fraction of sp³-hybridized carbons (Fsp3) is 0.100. The van der Waals surface area contributed by atoms with E-state index in [4.69, 9.17) is 4.98 Å². The number of aromatic amines is 1. The van der Waals surface area contributed by atoms with Crippen LogP contribution in [0.15, 0.2) is 100 Å². The average molecular weight is 568 g/mol. The number of nitrogens with zero attached hydrogens (tertiary/aromatic N) is 2. The molecule has 0 radical (unpaired) electrons. The molecule has 0 saturated carbocycles. The maximum absolute atomic E-state index is 13.8. The molecule has 2 heterocycles. The van der Waals surface area contributed by atoms with Crippen LogP contribution in [0.2, 0.25) is 0 Å². The summed E-state index contributed by atoms with van der Waals surface area (Å²) in [4.78, 5) is 9.00. The van der Waals surface area contributed by atoms with Crippen LogP contribution < -0.4 is 4.31 Å². The van der Waals surface area contributed by atoms with Crippen molar-refractivity contribution in [3.8, 4) is 0 Å². The number of hydrogen-bond donors (Lipinski definition) is 1. The van der Waals surface area contributed by atoms with E-state index in [1.165, 1.54) is 9.69 Å². The second-order valence-corrected chi connectivity index (χ2v) is 12.3. The first-order valence-corrected chi connectivity index (χ1v) is 14.3. The van der Waals surface area contributed by atoms with Crippen LogP contribution in [-0.2, 0) is 10.0 Å². The summed E-state index contributed by atoms with van der Waals surface area (Å²) in [5.41, 5.74) is 4.51. The van der Waals surface area contributed by atoms with Crippen molar-refractivity contribution in [2.45, 2.75) is 17.7 Å². The summed E-state index contributed by atoms with van der Waals surface area (Å²) in [6.07, 6.45) is 0. The van der Waals surface area contributed by atoms with Crippen molar-refractivity contribution in [1.82, 2.24) is 9.97 Å². The molecular weight excluding hydrogens is 546 g/mol. The molecule has 1 aromatic heterocycles. The molecule has 0 aliphatic carbocycles. The maximum Gasteiger partial charge on any atom is 0.264 e. The molecule has 5 nitrogen and oxygen atoms in total. The minimum absolute atomic E-state index is 0.238. The van der Waals surface area contributed by atoms with E-state index in [1.54, 1.807) is 12.1 Å². The summed E-state index contributed by atoms with van der Waals surface area (Å²) in [6.45, 7) is 2.22. The number of fused-ring (bicyclic) bond motifs is 7. The van der Waals surface area contributed by atoms with Crippen molar-refractivity contribution in [3.05, 3.63) is 112 Å². The van der Waals surface area contributed by atoms with Crippen molar-refractivity contribution >= 4 is 64.2 Å². The number of H-pyrrole nitrogens is 1. The van der Waals surface area contributed by atoms with Crippen molar-refractivity contribution in [2.75, 3.05) is 10.8 Å². The molecule has 7 heteroatoms. The van der Waals surface area contributed by atoms with Crippen molar-refractivity contribution in [3.63, 3.8) is 0 Å². The van der Waals surface area contributed by atoms with E-state index < -0.39 is 10.0 Å². The van der Waals surface area contributed by atoms with E-state index in [1.807, 2.05) is 55.5 Å². The van der Waals surface area contributed by atoms with E-state index in [0.717, 1.165) is 48.6 Å². The van der Waals surface area contributed by atoms with Gasteiger partial charge in [0.25, 0.3) is 10.0 Å². The van der Waals surface area contributed by atoms with Crippen molar-refractivity contribution < 1.29 is 8.42 Å². The van der Waals surface area contributed by atoms with E-state index in [0.29, 0.717) is 5.69 Å². The zero-order valence-corrected chi connectivity index (χ0v) is 22.3. The zero-order chi connectivity index (χ0) is 25.3. The number of sulfonamides is 1. The molecule has 1 atom stereocenters. The number of anilines is 1. The van der Waals surface area contributed by atoms with Gasteiger partial charge in [-0.15, -0.1) is 0 Å². The largest absolute Gasteiger partial charge is 0.341 e. The SMILES string of the molecule is Cc1ccc(S(=O)(=O)N2CC(c3nc4c5ccccc5c5ccccc5c4[nH]3)c3cc(Br)ccc32)cc1. The number of rotatable bonds is 3. The van der Waals surface area contributed by atoms with E-state index in [2.05, 4.69) is 51.2 Å². The van der Waals surface area contributed by atoms with Crippen LogP contribution in [0.1, 0.15) is 22.9 Å². The molecule has 1 aliphatic rings. The Bertz CT molecular complexity index is 1890. The number of nitrogens with one attached hydrogen (secondary N) is 1. The Morgan fingerprint density at radius 1 is 0.865 bits per heavy atom. The number of aryl methyl sites for hydroxylation is 1. The molecule has 0 spiro atoms. The monoisotopic (exact) mass is 567 g/mol. The molecule has 5 aromatic carbocycles. The molecule has 6 aromatic rings. The highest BCUT2D eigenvalue weighted by Gasteiger charge is 2.39. The molecule has 1 aliphatic heterocycles. The Morgan fingerprint density at radius 2 is 1.51 bits per heavy atom. The quantitative estimate of drug-likeness (QED) is 0.228. The van der Waals surface area contributed by atoms with Crippen molar-refractivity contribution in [1.29, 1.82) is 0 Å². The summed E-state index contributed by atoms with van der Waals surface area (Å²) < 4.78 is 30.0. The van der Waals surface area contributed by atoms with Gasteiger partial charge in [-0.2, -0.15) is 0 Å². The molecule has 0 bridgehead atoms. The number of benzene rings is 5. The molecule has 37 heavy (non-hydrogen) atoms. The highest BCUT2D eigenvalue weighted by molar-refractivity contribution is 9.10. The first kappa shape index (κ1) is 22.5. The van der Waals surface area contributed by atoms with Crippen LogP contribution in [0, 0.1) is 6.92 Å². The Kier molecular flexibility index (Phi) is 4.97. The van der Waals surface area contributed by atoms with Gasteiger partial charge < -0.3 is 4.98 Å². The van der Waals surface area contributed by atoms with Gasteiger partial charge in [-0.3, -0.25) is 4.31 Å². The third-order valence-electron chi connectivity index (χ3n) is 7.31. The number of halogens is 1. The lowest BCUT2D eigenvalue weighted by Crippen LogP contribution is -2.30. The van der Waals surface area contributed by atoms with Gasteiger partial charge in [0.2, 0.25) is 0 Å². The highest BCUT2D eigenvalue weighted by atomic mass is 79.9. The maximum atomic E-state index is 13.8. The van der Waals surface area contributed by atoms with Gasteiger partial charge in [-0.05, 0) is 53.6 Å². The third kappa shape index (κ3) is 3.41. The minimum atomic E-state index is -3.75. The van der Waals surface area contributed by atoms with Crippen LogP contribution in [0.3, 0.4) is 0 Å². The number of aromatic nitrogens is 2. The van der Waals surface area contributed by atoms with Crippen LogP contribution in [0.25, 0.3) is 32.6 Å². The summed E-state index contributed by atoms with van der Waals surface area (Å²) in [7, 11) is -3.75. The molecule has 0 fully saturated rings. The van der Waals surface area contributed by atoms with Crippen LogP contribution in [0.5, 0.6) is 0 Å². The zero-order valence-electron chi connectivity index (χ0n) is 19.9. The predicted molar refractivity (Wildman–Crippen MR) is 153 cm³/mol. The molecule has 1 unspecified atom stereocenters. The summed E-state index contributed by atoms with van der Waals surface area (Å²) in [5.74, 6) is 0.523. The molecule has 1 N–H and O–H groups in total. The van der Waals surface area contributed by atoms with Gasteiger partial charge >= 0.3 is 0 Å². The van der Waals surface area contributed by atoms with Crippen LogP contribution in [0.4, 0.5) is 5.69 Å². The Labute approximate surface area is 222 Å². The standard InChI is InChI=1S/C30H22BrN3O2S/c1-18-10-13-20(14-11-18)37(35,36)34-17-26(25-16-19(31)12-15-27(25)34)30-32-28-23-8-4-2-6-21(23)22-7-3-5-9-24(22)29(28)33-30/h2-16,26H,17H2,1H3,(H,32,33). The molecule has 182 valence electrons. The fourth-order valence-corrected chi connectivity index (χ4v) is 7.38. The Hall–Kier alpha value is -3.68. The van der Waals surface area contributed by atoms with Crippen molar-refractivity contribution in [2.24, 2.45) is 0 Å². The van der Waals surface area contributed by atoms with E-state index in [-0.39, 0.29) is 17.4 Å². The number of imidazole rings is 1. The smallest absolute Gasteiger partial charge is 0.264 e. The topological polar surface area (TPSA) is 66.1 Å². The van der Waals surface area contributed by atoms with Gasteiger partial charge in [-0.1, -0.05) is 82.2 Å². The molecule has 0 saturated heterocycles. The first-order chi connectivity index (χ1) is 17.9. The lowest BCUT2D eigenvalue weighted by atomic mass is 10.0. The summed E-state index contributed by atoms with van der Waals surface area (Å²) in [5, 5.41) is 4.50. The fourth-order valence-electron chi connectivity index (χ4n) is 5.50. The first-order valence-electron chi connectivity index (χ1n) is 12.1. The Balaban J connectivity index is 1.43. The van der Waals surface area contributed by atoms with Gasteiger partial charge in [0.1, 0.15) is 5.82 Å². The van der Waals surface area contributed by atoms with E-state index >= 15 is 0 Å². The average Bonchev–Trinajstić information content (AvgIpc) is 3.52. The van der Waals surface area contributed by atoms with E-state index in [9.17, 15) is 8.42 Å². The second-order valence-electron chi connectivity index (χ2n) is 9.54. The van der Waals surface area contributed by atoms with Crippen LogP contribution in [-0.4, -0.2) is 24.9 Å². The second kappa shape index (κ2) is 8.16. The molecule has 0 amide bonds. The van der Waals surface area contributed by atoms with Gasteiger partial charge in [0.05, 0.1) is 27.5 Å². The third-order valence-corrected chi connectivity index (χ3v) is 9.60. The summed E-state index contributed by atoms with van der Waals surface area (Å²) in [6, 6.07) is 29.4. The minimum Gasteiger partial charge on any atom is -0.341 e. The molecule has 7 rings (SSSR count). The highest BCUT2D eigenvalue weighted by Crippen LogP contribution is 2.44. The number of hydrogen-bond acceptors (Lipinski definition) is 3. The predicted octanol–water partition coefficient (Wildman–Crippen LogP) is 7.28. The summed E-state index contributed by atoms with van der Waals surface area (Å²) >= 11 is 3.59. The lowest BCUT2D eigenvalue weighted by Gasteiger charge is -2.20. The Morgan fingerprint density at radius 3 is 2.24 bits per heavy atom. The van der Waals surface area contributed by atoms with Gasteiger partial charge in [0, 0.05) is 21.8 Å². The normalized spacial score (nSPS) is 15.6. The van der Waals surface area contributed by atoms with Gasteiger partial charge in [-0.25, -0.2) is 13.4 Å². The van der Waals surface area contributed by atoms with Gasteiger partial charge in [0.15, 0.2) is 0 Å². The van der Waals surface area contributed by atoms with Crippen LogP contribution >= 0.6 is 15.9 Å².